The number of hydrogen-bond donors (Lipinski definition) is 0. The molecule has 0 N–H and O–H groups in total. The summed E-state index contributed by atoms with van der Waals surface area (Å²) in [7, 11) is 0. The Labute approximate surface area is 83.6 Å². The molecule has 0 saturated heterocycles. The molecule has 0 bridgehead atoms. The molecule has 2 nitrogen and oxygen atoms in total. The molecule has 0 unspecified atom stereocenters. The number of rotatable bonds is 5. The second-order valence-corrected chi connectivity index (χ2v) is 7.79. The average molecular weight is 233 g/mol. The normalized spacial score (nSPS) is 13.4. The van der Waals surface area contributed by atoms with Gasteiger partial charge >= 0.3 is 6.07 Å². The third kappa shape index (κ3) is 7.42. The molecule has 12 heavy (non-hydrogen) atoms. The summed E-state index contributed by atoms with van der Waals surface area (Å²) >= 11 is 10.4. The van der Waals surface area contributed by atoms with Crippen LogP contribution in [0.5, 0.6) is 0 Å². The van der Waals surface area contributed by atoms with E-state index in [1.165, 1.54) is 0 Å². The van der Waals surface area contributed by atoms with Crippen LogP contribution in [0.3, 0.4) is 0 Å². The van der Waals surface area contributed by atoms with Crippen molar-refractivity contribution < 1.29 is 9.09 Å². The minimum atomic E-state index is -3.32. The van der Waals surface area contributed by atoms with E-state index in [9.17, 15) is 4.57 Å². The Morgan fingerprint density at radius 1 is 1.42 bits per heavy atom. The quantitative estimate of drug-likeness (QED) is 0.657. The lowest BCUT2D eigenvalue weighted by molar-refractivity contribution is 0.232. The van der Waals surface area contributed by atoms with Gasteiger partial charge in [0.05, 0.1) is 6.61 Å². The van der Waals surface area contributed by atoms with Gasteiger partial charge in [-0.1, -0.05) is 27.2 Å². The SMILES string of the molecule is CCC(C)(C)CCOP(=O)(Cl)Cl. The highest BCUT2D eigenvalue weighted by Crippen LogP contribution is 2.57. The second kappa shape index (κ2) is 4.85. The lowest BCUT2D eigenvalue weighted by Crippen LogP contribution is -2.11. The molecule has 0 rings (SSSR count). The van der Waals surface area contributed by atoms with Crippen molar-refractivity contribution in [1.82, 2.24) is 0 Å². The first-order valence-corrected chi connectivity index (χ1v) is 7.34. The van der Waals surface area contributed by atoms with Gasteiger partial charge in [-0.2, -0.15) is 0 Å². The highest BCUT2D eigenvalue weighted by molar-refractivity contribution is 8.05. The highest BCUT2D eigenvalue weighted by atomic mass is 35.9. The predicted molar refractivity (Wildman–Crippen MR) is 54.0 cm³/mol. The van der Waals surface area contributed by atoms with Crippen molar-refractivity contribution in [3.8, 4) is 0 Å². The van der Waals surface area contributed by atoms with Crippen LogP contribution in [0.15, 0.2) is 0 Å². The summed E-state index contributed by atoms with van der Waals surface area (Å²) < 4.78 is 15.5. The lowest BCUT2D eigenvalue weighted by atomic mass is 9.87. The van der Waals surface area contributed by atoms with Gasteiger partial charge in [-0.3, -0.25) is 4.57 Å². The predicted octanol–water partition coefficient (Wildman–Crippen LogP) is 4.42. The fourth-order valence-electron chi connectivity index (χ4n) is 0.605. The Balaban J connectivity index is 3.64. The van der Waals surface area contributed by atoms with Crippen molar-refractivity contribution in [2.45, 2.75) is 33.6 Å². The monoisotopic (exact) mass is 232 g/mol. The van der Waals surface area contributed by atoms with Crippen LogP contribution >= 0.6 is 28.6 Å². The van der Waals surface area contributed by atoms with Crippen LogP contribution in [0.25, 0.3) is 0 Å². The van der Waals surface area contributed by atoms with E-state index in [2.05, 4.69) is 20.8 Å². The highest BCUT2D eigenvalue weighted by Gasteiger charge is 2.19. The maximum absolute atomic E-state index is 10.7. The molecular weight excluding hydrogens is 218 g/mol. The first kappa shape index (κ1) is 12.8. The van der Waals surface area contributed by atoms with E-state index < -0.39 is 6.07 Å². The molecule has 74 valence electrons. The topological polar surface area (TPSA) is 26.3 Å². The summed E-state index contributed by atoms with van der Waals surface area (Å²) in [5.74, 6) is 0. The van der Waals surface area contributed by atoms with E-state index in [-0.39, 0.29) is 5.41 Å². The third-order valence-electron chi connectivity index (χ3n) is 1.98. The van der Waals surface area contributed by atoms with Crippen molar-refractivity contribution in [2.24, 2.45) is 5.41 Å². The standard InChI is InChI=1S/C7H15Cl2O2P/c1-4-7(2,3)5-6-11-12(8,9)10/h4-6H2,1-3H3. The van der Waals surface area contributed by atoms with Crippen molar-refractivity contribution >= 4 is 28.6 Å². The molecule has 0 aliphatic carbocycles. The van der Waals surface area contributed by atoms with Gasteiger partial charge in [-0.25, -0.2) is 0 Å². The summed E-state index contributed by atoms with van der Waals surface area (Å²) in [5, 5.41) is 0. The molecule has 0 amide bonds. The van der Waals surface area contributed by atoms with E-state index in [0.717, 1.165) is 12.8 Å². The minimum absolute atomic E-state index is 0.197. The van der Waals surface area contributed by atoms with Gasteiger partial charge in [-0.15, -0.1) is 0 Å². The van der Waals surface area contributed by atoms with E-state index in [0.29, 0.717) is 6.61 Å². The van der Waals surface area contributed by atoms with Gasteiger partial charge in [0.1, 0.15) is 0 Å². The lowest BCUT2D eigenvalue weighted by Gasteiger charge is -2.21. The maximum atomic E-state index is 10.7. The van der Waals surface area contributed by atoms with Gasteiger partial charge in [0.15, 0.2) is 0 Å². The van der Waals surface area contributed by atoms with Crippen LogP contribution in [0.2, 0.25) is 0 Å². The van der Waals surface area contributed by atoms with E-state index in [4.69, 9.17) is 27.0 Å². The third-order valence-corrected chi connectivity index (χ3v) is 3.05. The van der Waals surface area contributed by atoms with E-state index in [1.54, 1.807) is 0 Å². The van der Waals surface area contributed by atoms with Crippen LogP contribution in [-0.4, -0.2) is 6.61 Å². The molecule has 0 saturated carbocycles. The molecule has 0 radical (unpaired) electrons. The molecule has 0 atom stereocenters. The van der Waals surface area contributed by atoms with Crippen molar-refractivity contribution in [3.05, 3.63) is 0 Å². The second-order valence-electron chi connectivity index (χ2n) is 3.52. The zero-order valence-corrected chi connectivity index (χ0v) is 10.0. The number of halogens is 2. The summed E-state index contributed by atoms with van der Waals surface area (Å²) in [6.45, 7) is 6.68. The molecule has 0 aromatic rings. The number of hydrogen-bond acceptors (Lipinski definition) is 2. The Morgan fingerprint density at radius 3 is 2.25 bits per heavy atom. The van der Waals surface area contributed by atoms with Crippen LogP contribution < -0.4 is 0 Å². The van der Waals surface area contributed by atoms with Crippen molar-refractivity contribution in [1.29, 1.82) is 0 Å². The fourth-order valence-corrected chi connectivity index (χ4v) is 1.32. The fraction of sp³-hybridized carbons (Fsp3) is 1.00. The van der Waals surface area contributed by atoms with Crippen LogP contribution in [0.4, 0.5) is 0 Å². The van der Waals surface area contributed by atoms with Crippen molar-refractivity contribution in [3.63, 3.8) is 0 Å². The molecule has 0 aromatic carbocycles. The maximum Gasteiger partial charge on any atom is 0.380 e. The zero-order chi connectivity index (χ0) is 9.83. The molecule has 0 heterocycles. The summed E-state index contributed by atoms with van der Waals surface area (Å²) in [6.07, 6.45) is -1.46. The average Bonchev–Trinajstić information content (AvgIpc) is 1.84. The molecule has 0 aliphatic rings. The van der Waals surface area contributed by atoms with Gasteiger partial charge in [0.25, 0.3) is 0 Å². The molecule has 0 spiro atoms. The van der Waals surface area contributed by atoms with Gasteiger partial charge in [-0.05, 0) is 34.3 Å². The van der Waals surface area contributed by atoms with E-state index >= 15 is 0 Å². The zero-order valence-electron chi connectivity index (χ0n) is 7.64. The van der Waals surface area contributed by atoms with Gasteiger partial charge in [0.2, 0.25) is 0 Å². The first-order chi connectivity index (χ1) is 5.27. The smallest absolute Gasteiger partial charge is 0.306 e. The Bertz CT molecular complexity index is 176. The molecular formula is C7H15Cl2O2P. The van der Waals surface area contributed by atoms with E-state index in [1.807, 2.05) is 0 Å². The summed E-state index contributed by atoms with van der Waals surface area (Å²) in [5.41, 5.74) is 0.197. The minimum Gasteiger partial charge on any atom is -0.306 e. The van der Waals surface area contributed by atoms with Crippen LogP contribution in [0, 0.1) is 5.41 Å². The van der Waals surface area contributed by atoms with Gasteiger partial charge in [0, 0.05) is 0 Å². The Morgan fingerprint density at radius 2 is 1.92 bits per heavy atom. The Kier molecular flexibility index (Phi) is 5.17. The summed E-state index contributed by atoms with van der Waals surface area (Å²) in [6, 6.07) is 0. The van der Waals surface area contributed by atoms with Crippen LogP contribution in [0.1, 0.15) is 33.6 Å². The largest absolute Gasteiger partial charge is 0.380 e. The molecule has 0 aromatic heterocycles. The molecule has 0 aliphatic heterocycles. The molecule has 0 fully saturated rings. The van der Waals surface area contributed by atoms with Gasteiger partial charge < -0.3 is 4.52 Å². The van der Waals surface area contributed by atoms with Crippen molar-refractivity contribution in [2.75, 3.05) is 6.61 Å². The van der Waals surface area contributed by atoms with Crippen LogP contribution in [-0.2, 0) is 9.09 Å². The molecule has 5 heteroatoms. The first-order valence-electron chi connectivity index (χ1n) is 3.91. The Hall–Kier alpha value is 0.770. The summed E-state index contributed by atoms with van der Waals surface area (Å²) in [4.78, 5) is 0.